The van der Waals surface area contributed by atoms with E-state index >= 15 is 0 Å². The fourth-order valence-electron chi connectivity index (χ4n) is 4.63. The number of halogens is 2. The second-order valence-electron chi connectivity index (χ2n) is 9.50. The Kier molecular flexibility index (Phi) is 4.86. The van der Waals surface area contributed by atoms with Gasteiger partial charge in [0.2, 0.25) is 0 Å². The van der Waals surface area contributed by atoms with E-state index in [2.05, 4.69) is 20.8 Å². The lowest BCUT2D eigenvalue weighted by Crippen LogP contribution is -2.29. The summed E-state index contributed by atoms with van der Waals surface area (Å²) in [4.78, 5) is 5.11. The van der Waals surface area contributed by atoms with Gasteiger partial charge in [0.15, 0.2) is 5.65 Å². The number of rotatable bonds is 2. The molecule has 4 aromatic rings. The molecule has 0 spiro atoms. The quantitative estimate of drug-likeness (QED) is 0.340. The van der Waals surface area contributed by atoms with Gasteiger partial charge in [-0.25, -0.2) is 13.9 Å². The molecular formula is C26H25ClFN3. The highest BCUT2D eigenvalue weighted by atomic mass is 35.5. The third-order valence-electron chi connectivity index (χ3n) is 6.53. The molecule has 0 bridgehead atoms. The maximum absolute atomic E-state index is 13.6. The molecule has 0 radical (unpaired) electrons. The van der Waals surface area contributed by atoms with Gasteiger partial charge in [-0.1, -0.05) is 44.5 Å². The van der Waals surface area contributed by atoms with Gasteiger partial charge in [-0.3, -0.25) is 0 Å². The van der Waals surface area contributed by atoms with E-state index in [1.807, 2.05) is 47.1 Å². The van der Waals surface area contributed by atoms with Crippen molar-refractivity contribution < 1.29 is 4.39 Å². The lowest BCUT2D eigenvalue weighted by molar-refractivity contribution is 0.214. The minimum absolute atomic E-state index is 0.214. The van der Waals surface area contributed by atoms with E-state index in [0.717, 1.165) is 47.3 Å². The predicted molar refractivity (Wildman–Crippen MR) is 124 cm³/mol. The van der Waals surface area contributed by atoms with Crippen LogP contribution in [0.2, 0.25) is 5.02 Å². The van der Waals surface area contributed by atoms with Gasteiger partial charge in [-0.2, -0.15) is 5.10 Å². The van der Waals surface area contributed by atoms with Crippen molar-refractivity contribution in [3.63, 3.8) is 0 Å². The number of aryl methyl sites for hydroxylation is 1. The Morgan fingerprint density at radius 3 is 2.35 bits per heavy atom. The largest absolute Gasteiger partial charge is 0.228 e. The van der Waals surface area contributed by atoms with Gasteiger partial charge in [0, 0.05) is 27.4 Å². The van der Waals surface area contributed by atoms with Gasteiger partial charge < -0.3 is 0 Å². The molecule has 0 saturated carbocycles. The van der Waals surface area contributed by atoms with Crippen molar-refractivity contribution in [3.05, 3.63) is 76.8 Å². The van der Waals surface area contributed by atoms with Crippen molar-refractivity contribution in [2.24, 2.45) is 11.3 Å². The normalized spacial score (nSPS) is 16.5. The van der Waals surface area contributed by atoms with E-state index in [1.54, 1.807) is 0 Å². The molecule has 0 aliphatic heterocycles. The van der Waals surface area contributed by atoms with E-state index in [1.165, 1.54) is 23.4 Å². The molecule has 2 aromatic carbocycles. The topological polar surface area (TPSA) is 30.2 Å². The maximum atomic E-state index is 13.6. The number of benzene rings is 2. The van der Waals surface area contributed by atoms with Gasteiger partial charge in [-0.05, 0) is 72.6 Å². The Morgan fingerprint density at radius 1 is 1.00 bits per heavy atom. The van der Waals surface area contributed by atoms with Crippen LogP contribution < -0.4 is 0 Å². The molecule has 0 N–H and O–H groups in total. The van der Waals surface area contributed by atoms with Crippen LogP contribution in [-0.4, -0.2) is 14.6 Å². The minimum Gasteiger partial charge on any atom is -0.228 e. The number of fused-ring (bicyclic) bond motifs is 3. The van der Waals surface area contributed by atoms with Crippen LogP contribution in [0.15, 0.2) is 54.7 Å². The monoisotopic (exact) mass is 433 g/mol. The lowest BCUT2D eigenvalue weighted by Gasteiger charge is -2.35. The molecule has 0 saturated heterocycles. The highest BCUT2D eigenvalue weighted by Crippen LogP contribution is 2.41. The van der Waals surface area contributed by atoms with E-state index < -0.39 is 0 Å². The Bertz CT molecular complexity index is 1250. The molecule has 1 aliphatic rings. The molecule has 1 atom stereocenters. The summed E-state index contributed by atoms with van der Waals surface area (Å²) in [5.74, 6) is 0.321. The van der Waals surface area contributed by atoms with E-state index in [0.29, 0.717) is 10.9 Å². The third-order valence-corrected chi connectivity index (χ3v) is 6.78. The van der Waals surface area contributed by atoms with Crippen LogP contribution in [0, 0.1) is 17.2 Å². The van der Waals surface area contributed by atoms with Crippen molar-refractivity contribution in [2.45, 2.75) is 40.0 Å². The fourth-order valence-corrected chi connectivity index (χ4v) is 4.76. The zero-order valence-corrected chi connectivity index (χ0v) is 18.7. The summed E-state index contributed by atoms with van der Waals surface area (Å²) in [6.45, 7) is 6.91. The molecule has 1 unspecified atom stereocenters. The third kappa shape index (κ3) is 3.63. The van der Waals surface area contributed by atoms with Crippen LogP contribution in [-0.2, 0) is 12.8 Å². The van der Waals surface area contributed by atoms with Crippen LogP contribution in [0.1, 0.15) is 38.4 Å². The zero-order valence-electron chi connectivity index (χ0n) is 18.0. The fraction of sp³-hybridized carbons (Fsp3) is 0.308. The summed E-state index contributed by atoms with van der Waals surface area (Å²) >= 11 is 6.09. The average Bonchev–Trinajstić information content (AvgIpc) is 3.17. The molecule has 31 heavy (non-hydrogen) atoms. The molecule has 5 rings (SSSR count). The van der Waals surface area contributed by atoms with Gasteiger partial charge in [0.25, 0.3) is 0 Å². The first-order chi connectivity index (χ1) is 14.8. The Balaban J connectivity index is 1.74. The maximum Gasteiger partial charge on any atom is 0.163 e. The van der Waals surface area contributed by atoms with E-state index in [4.69, 9.17) is 21.7 Å². The van der Waals surface area contributed by atoms with Crippen molar-refractivity contribution in [1.29, 1.82) is 0 Å². The molecule has 0 fully saturated rings. The number of aromatic nitrogens is 3. The van der Waals surface area contributed by atoms with Crippen molar-refractivity contribution in [3.8, 4) is 22.4 Å². The second-order valence-corrected chi connectivity index (χ2v) is 9.94. The zero-order chi connectivity index (χ0) is 21.8. The molecule has 0 amide bonds. The van der Waals surface area contributed by atoms with Gasteiger partial charge in [-0.15, -0.1) is 0 Å². The van der Waals surface area contributed by atoms with E-state index in [-0.39, 0.29) is 11.2 Å². The summed E-state index contributed by atoms with van der Waals surface area (Å²) in [5.41, 5.74) is 7.37. The minimum atomic E-state index is -0.238. The van der Waals surface area contributed by atoms with Gasteiger partial charge in [0.1, 0.15) is 5.82 Å². The standard InChI is InChI=1S/C26H25ClFN3/c1-26(2,3)18-8-13-23-21(14-18)24(17-6-11-20(28)12-7-17)30-25-22(15-29-31(23)25)16-4-9-19(27)10-5-16/h4-7,9-12,15,18H,8,13-14H2,1-3H3. The molecule has 158 valence electrons. The van der Waals surface area contributed by atoms with Crippen LogP contribution in [0.4, 0.5) is 4.39 Å². The van der Waals surface area contributed by atoms with Crippen LogP contribution >= 0.6 is 11.6 Å². The highest BCUT2D eigenvalue weighted by molar-refractivity contribution is 6.30. The Labute approximate surface area is 186 Å². The summed E-state index contributed by atoms with van der Waals surface area (Å²) in [5, 5.41) is 5.43. The van der Waals surface area contributed by atoms with Crippen molar-refractivity contribution in [2.75, 3.05) is 0 Å². The number of hydrogen-bond donors (Lipinski definition) is 0. The van der Waals surface area contributed by atoms with Gasteiger partial charge >= 0.3 is 0 Å². The SMILES string of the molecule is CC(C)(C)C1CCc2c(c(-c3ccc(F)cc3)nc3c(-c4ccc(Cl)cc4)cnn23)C1. The number of nitrogens with zero attached hydrogens (tertiary/aromatic N) is 3. The molecule has 2 aromatic heterocycles. The molecule has 3 nitrogen and oxygen atoms in total. The smallest absolute Gasteiger partial charge is 0.163 e. The van der Waals surface area contributed by atoms with Crippen LogP contribution in [0.25, 0.3) is 28.0 Å². The summed E-state index contributed by atoms with van der Waals surface area (Å²) in [6, 6.07) is 14.4. The van der Waals surface area contributed by atoms with Crippen molar-refractivity contribution >= 4 is 17.2 Å². The van der Waals surface area contributed by atoms with Crippen LogP contribution in [0.5, 0.6) is 0 Å². The predicted octanol–water partition coefficient (Wildman–Crippen LogP) is 7.01. The molecule has 2 heterocycles. The first kappa shape index (κ1) is 20.2. The Hall–Kier alpha value is -2.72. The summed E-state index contributed by atoms with van der Waals surface area (Å²) in [7, 11) is 0. The molecule has 5 heteroatoms. The van der Waals surface area contributed by atoms with Crippen molar-refractivity contribution in [1.82, 2.24) is 14.6 Å². The van der Waals surface area contributed by atoms with Gasteiger partial charge in [0.05, 0.1) is 11.9 Å². The number of hydrogen-bond acceptors (Lipinski definition) is 2. The van der Waals surface area contributed by atoms with Crippen LogP contribution in [0.3, 0.4) is 0 Å². The Morgan fingerprint density at radius 2 is 1.68 bits per heavy atom. The second kappa shape index (κ2) is 7.45. The summed E-state index contributed by atoms with van der Waals surface area (Å²) < 4.78 is 15.6. The summed E-state index contributed by atoms with van der Waals surface area (Å²) in [6.07, 6.45) is 4.90. The van der Waals surface area contributed by atoms with E-state index in [9.17, 15) is 4.39 Å². The first-order valence-corrected chi connectivity index (χ1v) is 11.1. The molecule has 1 aliphatic carbocycles. The molecular weight excluding hydrogens is 409 g/mol. The first-order valence-electron chi connectivity index (χ1n) is 10.7. The highest BCUT2D eigenvalue weighted by Gasteiger charge is 2.32. The lowest BCUT2D eigenvalue weighted by atomic mass is 9.71. The average molecular weight is 434 g/mol.